The molecular formula is C20H15FN6O2S. The number of hydrogen-bond donors (Lipinski definition) is 2. The second-order valence-electron chi connectivity index (χ2n) is 6.19. The molecule has 0 atom stereocenters. The highest BCUT2D eigenvalue weighted by Crippen LogP contribution is 2.16. The number of carbonyl (C=O) groups excluding carboxylic acids is 2. The number of benzene rings is 2. The number of aryl methyl sites for hydroxylation is 1. The quantitative estimate of drug-likeness (QED) is 0.511. The van der Waals surface area contributed by atoms with Gasteiger partial charge in [0.15, 0.2) is 5.13 Å². The molecule has 4 aromatic rings. The van der Waals surface area contributed by atoms with Gasteiger partial charge in [-0.2, -0.15) is 0 Å². The highest BCUT2D eigenvalue weighted by molar-refractivity contribution is 7.13. The van der Waals surface area contributed by atoms with Crippen LogP contribution in [0.3, 0.4) is 0 Å². The van der Waals surface area contributed by atoms with Crippen LogP contribution in [0.4, 0.5) is 15.2 Å². The molecule has 0 fully saturated rings. The average Bonchev–Trinajstić information content (AvgIpc) is 3.39. The maximum Gasteiger partial charge on any atom is 0.295 e. The second kappa shape index (κ2) is 8.21. The Kier molecular flexibility index (Phi) is 5.31. The van der Waals surface area contributed by atoms with Gasteiger partial charge in [-0.05, 0) is 55.5 Å². The molecule has 4 rings (SSSR count). The molecule has 2 heterocycles. The van der Waals surface area contributed by atoms with Crippen LogP contribution in [0, 0.1) is 12.7 Å². The number of halogens is 1. The smallest absolute Gasteiger partial charge is 0.295 e. The van der Waals surface area contributed by atoms with Gasteiger partial charge in [0, 0.05) is 22.8 Å². The summed E-state index contributed by atoms with van der Waals surface area (Å²) in [5.74, 6) is -0.696. The summed E-state index contributed by atoms with van der Waals surface area (Å²) in [4.78, 5) is 32.9. The molecule has 0 aliphatic rings. The van der Waals surface area contributed by atoms with Crippen LogP contribution >= 0.6 is 11.3 Å². The molecule has 0 bridgehead atoms. The van der Waals surface area contributed by atoms with Crippen molar-refractivity contribution >= 4 is 34.0 Å². The van der Waals surface area contributed by atoms with E-state index in [1.807, 2.05) is 0 Å². The SMILES string of the molecule is Cc1nc(C(=O)Nc2ccc(C(=O)Nc3nccs3)cc2)nn1-c1ccc(F)cc1. The summed E-state index contributed by atoms with van der Waals surface area (Å²) in [5, 5.41) is 11.8. The summed E-state index contributed by atoms with van der Waals surface area (Å²) < 4.78 is 14.6. The fourth-order valence-electron chi connectivity index (χ4n) is 2.66. The molecule has 0 aliphatic heterocycles. The largest absolute Gasteiger partial charge is 0.319 e. The van der Waals surface area contributed by atoms with E-state index in [2.05, 4.69) is 25.7 Å². The summed E-state index contributed by atoms with van der Waals surface area (Å²) in [6.07, 6.45) is 1.60. The summed E-state index contributed by atoms with van der Waals surface area (Å²) >= 11 is 1.32. The summed E-state index contributed by atoms with van der Waals surface area (Å²) in [6, 6.07) is 12.1. The lowest BCUT2D eigenvalue weighted by molar-refractivity contribution is 0.101. The zero-order valence-corrected chi connectivity index (χ0v) is 16.5. The summed E-state index contributed by atoms with van der Waals surface area (Å²) in [5.41, 5.74) is 1.51. The number of nitrogens with one attached hydrogen (secondary N) is 2. The van der Waals surface area contributed by atoms with Crippen LogP contribution in [0.25, 0.3) is 5.69 Å². The van der Waals surface area contributed by atoms with E-state index in [1.54, 1.807) is 54.9 Å². The molecule has 8 nitrogen and oxygen atoms in total. The van der Waals surface area contributed by atoms with Gasteiger partial charge in [0.2, 0.25) is 5.82 Å². The molecule has 0 radical (unpaired) electrons. The Bertz CT molecular complexity index is 1190. The van der Waals surface area contributed by atoms with Crippen molar-refractivity contribution in [3.05, 3.63) is 83.1 Å². The molecule has 150 valence electrons. The first-order chi connectivity index (χ1) is 14.5. The van der Waals surface area contributed by atoms with Gasteiger partial charge >= 0.3 is 0 Å². The maximum atomic E-state index is 13.1. The van der Waals surface area contributed by atoms with Gasteiger partial charge in [-0.15, -0.1) is 16.4 Å². The predicted octanol–water partition coefficient (Wildman–Crippen LogP) is 3.68. The molecular weight excluding hydrogens is 407 g/mol. The molecule has 2 aromatic carbocycles. The summed E-state index contributed by atoms with van der Waals surface area (Å²) in [6.45, 7) is 1.70. The standard InChI is InChI=1S/C20H15FN6O2S/c1-12-23-17(26-27(12)16-8-4-14(21)5-9-16)19(29)24-15-6-2-13(3-7-15)18(28)25-20-22-10-11-30-20/h2-11H,1H3,(H,24,29)(H,22,25,28). The van der Waals surface area contributed by atoms with Crippen molar-refractivity contribution in [1.82, 2.24) is 19.7 Å². The van der Waals surface area contributed by atoms with Crippen LogP contribution in [0.15, 0.2) is 60.1 Å². The van der Waals surface area contributed by atoms with Crippen LogP contribution in [0.2, 0.25) is 0 Å². The molecule has 10 heteroatoms. The van der Waals surface area contributed by atoms with Crippen LogP contribution in [0.5, 0.6) is 0 Å². The van der Waals surface area contributed by atoms with Crippen LogP contribution in [-0.4, -0.2) is 31.6 Å². The molecule has 0 saturated carbocycles. The minimum absolute atomic E-state index is 0.0255. The van der Waals surface area contributed by atoms with Gasteiger partial charge in [0.1, 0.15) is 11.6 Å². The fraction of sp³-hybridized carbons (Fsp3) is 0.0500. The first-order valence-electron chi connectivity index (χ1n) is 8.81. The van der Waals surface area contributed by atoms with Gasteiger partial charge in [0.25, 0.3) is 11.8 Å². The summed E-state index contributed by atoms with van der Waals surface area (Å²) in [7, 11) is 0. The minimum atomic E-state index is -0.501. The lowest BCUT2D eigenvalue weighted by atomic mass is 10.2. The number of nitrogens with zero attached hydrogens (tertiary/aromatic N) is 4. The molecule has 2 N–H and O–H groups in total. The number of rotatable bonds is 5. The third-order valence-electron chi connectivity index (χ3n) is 4.10. The van der Waals surface area contributed by atoms with E-state index in [0.717, 1.165) is 0 Å². The van der Waals surface area contributed by atoms with Gasteiger partial charge in [-0.25, -0.2) is 19.0 Å². The highest BCUT2D eigenvalue weighted by atomic mass is 32.1. The molecule has 2 amide bonds. The van der Waals surface area contributed by atoms with Crippen molar-refractivity contribution in [3.63, 3.8) is 0 Å². The zero-order valence-electron chi connectivity index (χ0n) is 15.7. The topological polar surface area (TPSA) is 102 Å². The molecule has 2 aromatic heterocycles. The number of thiazole rings is 1. The van der Waals surface area contributed by atoms with Crippen molar-refractivity contribution in [2.75, 3.05) is 10.6 Å². The monoisotopic (exact) mass is 422 g/mol. The number of aromatic nitrogens is 4. The van der Waals surface area contributed by atoms with Gasteiger partial charge in [-0.1, -0.05) is 0 Å². The Morgan fingerprint density at radius 3 is 2.40 bits per heavy atom. The molecule has 0 unspecified atom stereocenters. The molecule has 30 heavy (non-hydrogen) atoms. The third-order valence-corrected chi connectivity index (χ3v) is 4.79. The third kappa shape index (κ3) is 4.23. The number of hydrogen-bond acceptors (Lipinski definition) is 6. The Balaban J connectivity index is 1.44. The Hall–Kier alpha value is -3.92. The van der Waals surface area contributed by atoms with E-state index in [9.17, 15) is 14.0 Å². The zero-order chi connectivity index (χ0) is 21.1. The molecule has 0 saturated heterocycles. The Labute approximate surface area is 174 Å². The number of amides is 2. The molecule has 0 spiro atoms. The van der Waals surface area contributed by atoms with Crippen molar-refractivity contribution in [1.29, 1.82) is 0 Å². The second-order valence-corrected chi connectivity index (χ2v) is 7.09. The first kappa shape index (κ1) is 19.4. The van der Waals surface area contributed by atoms with Crippen molar-refractivity contribution < 1.29 is 14.0 Å². The fourth-order valence-corrected chi connectivity index (χ4v) is 3.18. The van der Waals surface area contributed by atoms with Crippen molar-refractivity contribution in [2.24, 2.45) is 0 Å². The van der Waals surface area contributed by atoms with E-state index in [-0.39, 0.29) is 17.5 Å². The minimum Gasteiger partial charge on any atom is -0.319 e. The normalized spacial score (nSPS) is 10.6. The van der Waals surface area contributed by atoms with E-state index in [1.165, 1.54) is 28.2 Å². The Morgan fingerprint density at radius 1 is 1.00 bits per heavy atom. The average molecular weight is 422 g/mol. The lowest BCUT2D eigenvalue weighted by Gasteiger charge is -2.05. The van der Waals surface area contributed by atoms with Crippen molar-refractivity contribution in [3.8, 4) is 5.69 Å². The maximum absolute atomic E-state index is 13.1. The van der Waals surface area contributed by atoms with Gasteiger partial charge in [-0.3, -0.25) is 14.9 Å². The van der Waals surface area contributed by atoms with Crippen LogP contribution < -0.4 is 10.6 Å². The highest BCUT2D eigenvalue weighted by Gasteiger charge is 2.16. The number of carbonyl (C=O) groups is 2. The number of anilines is 2. The first-order valence-corrected chi connectivity index (χ1v) is 9.69. The van der Waals surface area contributed by atoms with E-state index < -0.39 is 5.91 Å². The van der Waals surface area contributed by atoms with Gasteiger partial charge < -0.3 is 5.32 Å². The lowest BCUT2D eigenvalue weighted by Crippen LogP contribution is -2.15. The van der Waals surface area contributed by atoms with E-state index >= 15 is 0 Å². The Morgan fingerprint density at radius 2 is 1.73 bits per heavy atom. The van der Waals surface area contributed by atoms with E-state index in [0.29, 0.717) is 27.9 Å². The van der Waals surface area contributed by atoms with E-state index in [4.69, 9.17) is 0 Å². The predicted molar refractivity (Wildman–Crippen MR) is 111 cm³/mol. The van der Waals surface area contributed by atoms with Crippen LogP contribution in [0.1, 0.15) is 26.8 Å². The molecule has 0 aliphatic carbocycles. The van der Waals surface area contributed by atoms with Gasteiger partial charge in [0.05, 0.1) is 5.69 Å². The van der Waals surface area contributed by atoms with Crippen LogP contribution in [-0.2, 0) is 0 Å². The van der Waals surface area contributed by atoms with Crippen molar-refractivity contribution in [2.45, 2.75) is 6.92 Å².